The molecule has 0 aliphatic carbocycles. The van der Waals surface area contributed by atoms with Gasteiger partial charge in [-0.05, 0) is 35.7 Å². The Labute approximate surface area is 141 Å². The van der Waals surface area contributed by atoms with Crippen molar-refractivity contribution in [3.63, 3.8) is 0 Å². The van der Waals surface area contributed by atoms with Crippen LogP contribution in [0.1, 0.15) is 11.1 Å². The Kier molecular flexibility index (Phi) is 3.40. The van der Waals surface area contributed by atoms with Crippen LogP contribution in [0.15, 0.2) is 79.0 Å². The summed E-state index contributed by atoms with van der Waals surface area (Å²) in [6.45, 7) is 2.13. The Bertz CT molecular complexity index is 1050. The van der Waals surface area contributed by atoms with Gasteiger partial charge in [-0.2, -0.15) is 5.26 Å². The third-order valence-corrected chi connectivity index (χ3v) is 4.43. The van der Waals surface area contributed by atoms with Crippen molar-refractivity contribution in [1.29, 1.82) is 5.26 Å². The zero-order valence-corrected chi connectivity index (χ0v) is 13.4. The van der Waals surface area contributed by atoms with Crippen molar-refractivity contribution < 1.29 is 0 Å². The van der Waals surface area contributed by atoms with E-state index < -0.39 is 0 Å². The van der Waals surface area contributed by atoms with E-state index in [0.29, 0.717) is 5.56 Å². The van der Waals surface area contributed by atoms with E-state index >= 15 is 0 Å². The van der Waals surface area contributed by atoms with E-state index in [1.807, 2.05) is 30.5 Å². The minimum absolute atomic E-state index is 0.683. The first kappa shape index (κ1) is 14.3. The predicted molar refractivity (Wildman–Crippen MR) is 97.7 cm³/mol. The summed E-state index contributed by atoms with van der Waals surface area (Å²) in [5.41, 5.74) is 7.70. The number of nitrogens with zero attached hydrogens (tertiary/aromatic N) is 2. The van der Waals surface area contributed by atoms with Gasteiger partial charge in [0, 0.05) is 11.8 Å². The number of rotatable bonds is 2. The fourth-order valence-electron chi connectivity index (χ4n) is 3.32. The molecule has 4 aromatic rings. The highest BCUT2D eigenvalue weighted by Crippen LogP contribution is 2.38. The van der Waals surface area contributed by atoms with Gasteiger partial charge < -0.3 is 4.40 Å². The molecule has 2 heterocycles. The van der Waals surface area contributed by atoms with E-state index in [1.165, 1.54) is 27.9 Å². The normalized spacial score (nSPS) is 10.7. The van der Waals surface area contributed by atoms with Gasteiger partial charge in [-0.15, -0.1) is 0 Å². The summed E-state index contributed by atoms with van der Waals surface area (Å²) in [5.74, 6) is 0. The molecule has 24 heavy (non-hydrogen) atoms. The van der Waals surface area contributed by atoms with E-state index in [2.05, 4.69) is 65.9 Å². The highest BCUT2D eigenvalue weighted by atomic mass is 14.9. The van der Waals surface area contributed by atoms with Crippen LogP contribution in [0.3, 0.4) is 0 Å². The Morgan fingerprint density at radius 2 is 1.46 bits per heavy atom. The highest BCUT2D eigenvalue weighted by Gasteiger charge is 2.18. The second-order valence-electron chi connectivity index (χ2n) is 5.86. The van der Waals surface area contributed by atoms with E-state index in [-0.39, 0.29) is 0 Å². The maximum atomic E-state index is 9.24. The molecule has 0 aliphatic heterocycles. The lowest BCUT2D eigenvalue weighted by Crippen LogP contribution is -1.90. The van der Waals surface area contributed by atoms with Gasteiger partial charge in [-0.1, -0.05) is 60.7 Å². The van der Waals surface area contributed by atoms with Crippen molar-refractivity contribution in [2.45, 2.75) is 6.92 Å². The molecule has 0 fully saturated rings. The van der Waals surface area contributed by atoms with Crippen LogP contribution in [0, 0.1) is 18.3 Å². The Morgan fingerprint density at radius 3 is 2.08 bits per heavy atom. The third kappa shape index (κ3) is 2.19. The number of fused-ring (bicyclic) bond motifs is 1. The summed E-state index contributed by atoms with van der Waals surface area (Å²) in [6, 6.07) is 26.9. The number of hydrogen-bond donors (Lipinski definition) is 0. The van der Waals surface area contributed by atoms with Gasteiger partial charge >= 0.3 is 0 Å². The van der Waals surface area contributed by atoms with E-state index in [9.17, 15) is 5.26 Å². The monoisotopic (exact) mass is 308 g/mol. The fraction of sp³-hybridized carbons (Fsp3) is 0.0455. The number of aryl methyl sites for hydroxylation is 1. The minimum atomic E-state index is 0.683. The summed E-state index contributed by atoms with van der Waals surface area (Å²) in [7, 11) is 0. The number of hydrogen-bond acceptors (Lipinski definition) is 1. The van der Waals surface area contributed by atoms with Crippen LogP contribution in [0.25, 0.3) is 27.9 Å². The number of pyridine rings is 1. The van der Waals surface area contributed by atoms with Gasteiger partial charge in [-0.3, -0.25) is 0 Å². The van der Waals surface area contributed by atoms with Crippen LogP contribution in [0.5, 0.6) is 0 Å². The van der Waals surface area contributed by atoms with Gasteiger partial charge in [0.2, 0.25) is 0 Å². The van der Waals surface area contributed by atoms with Crippen molar-refractivity contribution in [2.75, 3.05) is 0 Å². The quantitative estimate of drug-likeness (QED) is 0.483. The summed E-state index contributed by atoms with van der Waals surface area (Å²) < 4.78 is 2.19. The molecule has 0 aliphatic rings. The largest absolute Gasteiger partial charge is 0.316 e. The topological polar surface area (TPSA) is 28.2 Å². The molecule has 2 heteroatoms. The lowest BCUT2D eigenvalue weighted by atomic mass is 9.98. The van der Waals surface area contributed by atoms with Gasteiger partial charge in [0.25, 0.3) is 0 Å². The molecule has 4 rings (SSSR count). The maximum Gasteiger partial charge on any atom is 0.0992 e. The second-order valence-corrected chi connectivity index (χ2v) is 5.86. The van der Waals surface area contributed by atoms with Gasteiger partial charge in [0.05, 0.1) is 22.8 Å². The van der Waals surface area contributed by atoms with Crippen LogP contribution in [-0.2, 0) is 0 Å². The molecule has 0 saturated heterocycles. The molecule has 114 valence electrons. The molecule has 0 N–H and O–H groups in total. The molecule has 2 aromatic carbocycles. The molecule has 2 nitrogen and oxygen atoms in total. The first-order valence-electron chi connectivity index (χ1n) is 7.95. The first-order valence-corrected chi connectivity index (χ1v) is 7.95. The summed E-state index contributed by atoms with van der Waals surface area (Å²) in [6.07, 6.45) is 2.00. The molecule has 0 amide bonds. The van der Waals surface area contributed by atoms with E-state index in [4.69, 9.17) is 0 Å². The zero-order chi connectivity index (χ0) is 16.5. The van der Waals surface area contributed by atoms with Crippen LogP contribution in [0.2, 0.25) is 0 Å². The smallest absolute Gasteiger partial charge is 0.0992 e. The molecule has 0 unspecified atom stereocenters. The average Bonchev–Trinajstić information content (AvgIpc) is 2.95. The Morgan fingerprint density at radius 1 is 0.833 bits per heavy atom. The third-order valence-electron chi connectivity index (χ3n) is 4.43. The minimum Gasteiger partial charge on any atom is -0.316 e. The number of aromatic nitrogens is 1. The van der Waals surface area contributed by atoms with Crippen molar-refractivity contribution in [3.8, 4) is 28.5 Å². The summed E-state index contributed by atoms with van der Waals surface area (Å²) >= 11 is 0. The molecule has 0 spiro atoms. The second kappa shape index (κ2) is 5.72. The zero-order valence-electron chi connectivity index (χ0n) is 13.4. The number of benzene rings is 2. The Balaban J connectivity index is 2.14. The van der Waals surface area contributed by atoms with E-state index in [0.717, 1.165) is 5.52 Å². The van der Waals surface area contributed by atoms with Gasteiger partial charge in [0.1, 0.15) is 0 Å². The molecular formula is C22H16N2. The van der Waals surface area contributed by atoms with Gasteiger partial charge in [-0.25, -0.2) is 0 Å². The van der Waals surface area contributed by atoms with Crippen molar-refractivity contribution in [2.24, 2.45) is 0 Å². The molecule has 0 atom stereocenters. The molecule has 0 radical (unpaired) electrons. The standard InChI is InChI=1S/C22H16N2/c1-16-20-14-17(15-23)12-13-24(20)22(19-10-6-3-7-11-19)21(16)18-8-4-2-5-9-18/h2-14H,1H3. The van der Waals surface area contributed by atoms with Crippen molar-refractivity contribution in [3.05, 3.63) is 90.1 Å². The Hall–Kier alpha value is -3.31. The lowest BCUT2D eigenvalue weighted by molar-refractivity contribution is 1.19. The predicted octanol–water partition coefficient (Wildman–Crippen LogP) is 5.45. The maximum absolute atomic E-state index is 9.24. The van der Waals surface area contributed by atoms with Crippen molar-refractivity contribution >= 4 is 5.52 Å². The molecule has 0 saturated carbocycles. The molecule has 0 bridgehead atoms. The van der Waals surface area contributed by atoms with Crippen LogP contribution in [-0.4, -0.2) is 4.40 Å². The highest BCUT2D eigenvalue weighted by molar-refractivity contribution is 5.90. The van der Waals surface area contributed by atoms with Gasteiger partial charge in [0.15, 0.2) is 0 Å². The summed E-state index contributed by atoms with van der Waals surface area (Å²) in [4.78, 5) is 0. The van der Waals surface area contributed by atoms with Crippen LogP contribution < -0.4 is 0 Å². The number of nitriles is 1. The van der Waals surface area contributed by atoms with E-state index in [1.54, 1.807) is 0 Å². The van der Waals surface area contributed by atoms with Crippen molar-refractivity contribution in [1.82, 2.24) is 4.40 Å². The molecule has 2 aromatic heterocycles. The molecular weight excluding hydrogens is 292 g/mol. The van der Waals surface area contributed by atoms with Crippen LogP contribution >= 0.6 is 0 Å². The lowest BCUT2D eigenvalue weighted by Gasteiger charge is -2.08. The first-order chi connectivity index (χ1) is 11.8. The van der Waals surface area contributed by atoms with Crippen LogP contribution in [0.4, 0.5) is 0 Å². The SMILES string of the molecule is Cc1c(-c2ccccc2)c(-c2ccccc2)n2ccc(C#N)cc12. The average molecular weight is 308 g/mol. The summed E-state index contributed by atoms with van der Waals surface area (Å²) in [5, 5.41) is 9.24. The fourth-order valence-corrected chi connectivity index (χ4v) is 3.32.